The molecule has 2 rings (SSSR count). The first-order valence-corrected chi connectivity index (χ1v) is 7.10. The molecule has 0 spiro atoms. The first-order valence-electron chi connectivity index (χ1n) is 7.10. The normalized spacial score (nSPS) is 27.4. The van der Waals surface area contributed by atoms with Gasteiger partial charge in [-0.15, -0.1) is 5.10 Å². The molecule has 114 valence electrons. The van der Waals surface area contributed by atoms with E-state index in [0.29, 0.717) is 25.0 Å². The number of ether oxygens (including phenoxy) is 1. The molecule has 0 unspecified atom stereocenters. The molecule has 2 aliphatic heterocycles. The van der Waals surface area contributed by atoms with E-state index in [0.717, 1.165) is 19.4 Å². The largest absolute Gasteiger partial charge is 0.444 e. The van der Waals surface area contributed by atoms with Crippen LogP contribution < -0.4 is 11.6 Å². The standard InChI is InChI=1S/C13H25N5O2/c1-13(2,3)20-12(19)17-7-9-5-4-6-18(10(9)8-17)11(14)16-15/h9-10H,4-8,15H2,1-3H3,(H2,14,16)/t9-,10-/m1/s1. The van der Waals surface area contributed by atoms with Gasteiger partial charge >= 0.3 is 6.09 Å². The van der Waals surface area contributed by atoms with Crippen LogP contribution in [0.15, 0.2) is 5.10 Å². The average Bonchev–Trinajstić information content (AvgIpc) is 2.79. The van der Waals surface area contributed by atoms with Crippen molar-refractivity contribution in [1.82, 2.24) is 9.80 Å². The van der Waals surface area contributed by atoms with E-state index >= 15 is 0 Å². The molecule has 1 amide bonds. The molecular weight excluding hydrogens is 258 g/mol. The number of likely N-dealkylation sites (tertiary alicyclic amines) is 2. The van der Waals surface area contributed by atoms with Crippen molar-refractivity contribution in [2.45, 2.75) is 45.3 Å². The Morgan fingerprint density at radius 1 is 1.35 bits per heavy atom. The number of rotatable bonds is 0. The summed E-state index contributed by atoms with van der Waals surface area (Å²) in [6, 6.07) is 0.198. The van der Waals surface area contributed by atoms with Crippen LogP contribution in [-0.4, -0.2) is 53.1 Å². The SMILES string of the molecule is CC(C)(C)OC(=O)N1C[C@H]2CCCN(C(N)=NN)[C@@H]2C1. The van der Waals surface area contributed by atoms with Gasteiger partial charge in [0.05, 0.1) is 6.04 Å². The van der Waals surface area contributed by atoms with Gasteiger partial charge in [0.1, 0.15) is 5.60 Å². The number of hydrogen-bond acceptors (Lipinski definition) is 4. The zero-order chi connectivity index (χ0) is 14.9. The van der Waals surface area contributed by atoms with E-state index < -0.39 is 5.60 Å². The topological polar surface area (TPSA) is 97.2 Å². The minimum atomic E-state index is -0.470. The van der Waals surface area contributed by atoms with Gasteiger partial charge in [0.15, 0.2) is 0 Å². The highest BCUT2D eigenvalue weighted by atomic mass is 16.6. The highest BCUT2D eigenvalue weighted by Gasteiger charge is 2.42. The Morgan fingerprint density at radius 3 is 2.65 bits per heavy atom. The number of hydrogen-bond donors (Lipinski definition) is 2. The van der Waals surface area contributed by atoms with E-state index in [-0.39, 0.29) is 12.1 Å². The minimum absolute atomic E-state index is 0.198. The van der Waals surface area contributed by atoms with Crippen LogP contribution in [0.5, 0.6) is 0 Å². The second-order valence-electron chi connectivity index (χ2n) is 6.54. The molecule has 4 N–H and O–H groups in total. The molecule has 0 saturated carbocycles. The molecule has 7 heteroatoms. The van der Waals surface area contributed by atoms with E-state index in [1.165, 1.54) is 0 Å². The molecule has 0 bridgehead atoms. The minimum Gasteiger partial charge on any atom is -0.444 e. The number of nitrogens with zero attached hydrogens (tertiary/aromatic N) is 3. The molecule has 0 aromatic carbocycles. The van der Waals surface area contributed by atoms with Gasteiger partial charge in [-0.2, -0.15) is 0 Å². The van der Waals surface area contributed by atoms with Gasteiger partial charge in [-0.25, -0.2) is 4.79 Å². The lowest BCUT2D eigenvalue weighted by molar-refractivity contribution is 0.0283. The van der Waals surface area contributed by atoms with Gasteiger partial charge in [0, 0.05) is 19.6 Å². The lowest BCUT2D eigenvalue weighted by Gasteiger charge is -2.37. The molecule has 2 fully saturated rings. The van der Waals surface area contributed by atoms with Gasteiger partial charge in [-0.3, -0.25) is 0 Å². The number of carbonyl (C=O) groups is 1. The molecule has 0 aromatic heterocycles. The number of fused-ring (bicyclic) bond motifs is 1. The number of nitrogens with two attached hydrogens (primary N) is 2. The van der Waals surface area contributed by atoms with Gasteiger partial charge in [-0.05, 0) is 39.5 Å². The van der Waals surface area contributed by atoms with Crippen LogP contribution in [0, 0.1) is 5.92 Å². The molecular formula is C13H25N5O2. The number of piperidine rings is 1. The highest BCUT2D eigenvalue weighted by Crippen LogP contribution is 2.31. The predicted molar refractivity (Wildman–Crippen MR) is 76.8 cm³/mol. The molecule has 0 radical (unpaired) electrons. The number of hydrazone groups is 1. The van der Waals surface area contributed by atoms with Crippen LogP contribution in [-0.2, 0) is 4.74 Å². The smallest absolute Gasteiger partial charge is 0.410 e. The third kappa shape index (κ3) is 3.08. The molecule has 0 aliphatic carbocycles. The fourth-order valence-electron chi connectivity index (χ4n) is 3.01. The van der Waals surface area contributed by atoms with Crippen LogP contribution in [0.3, 0.4) is 0 Å². The van der Waals surface area contributed by atoms with Crippen molar-refractivity contribution < 1.29 is 9.53 Å². The van der Waals surface area contributed by atoms with E-state index in [4.69, 9.17) is 16.3 Å². The Balaban J connectivity index is 2.04. The Labute approximate surface area is 119 Å². The summed E-state index contributed by atoms with van der Waals surface area (Å²) in [7, 11) is 0. The molecule has 2 aliphatic rings. The zero-order valence-electron chi connectivity index (χ0n) is 12.5. The van der Waals surface area contributed by atoms with Crippen molar-refractivity contribution in [3.63, 3.8) is 0 Å². The molecule has 0 aromatic rings. The van der Waals surface area contributed by atoms with Crippen LogP contribution in [0.2, 0.25) is 0 Å². The van der Waals surface area contributed by atoms with Crippen molar-refractivity contribution in [3.05, 3.63) is 0 Å². The summed E-state index contributed by atoms with van der Waals surface area (Å²) >= 11 is 0. The summed E-state index contributed by atoms with van der Waals surface area (Å²) in [6.45, 7) is 7.80. The Kier molecular flexibility index (Phi) is 3.96. The summed E-state index contributed by atoms with van der Waals surface area (Å²) in [5, 5.41) is 3.59. The van der Waals surface area contributed by atoms with Crippen LogP contribution in [0.25, 0.3) is 0 Å². The summed E-state index contributed by atoms with van der Waals surface area (Å²) in [5.74, 6) is 6.05. The van der Waals surface area contributed by atoms with Gasteiger partial charge in [-0.1, -0.05) is 0 Å². The fraction of sp³-hybridized carbons (Fsp3) is 0.846. The average molecular weight is 283 g/mol. The quantitative estimate of drug-likeness (QED) is 0.292. The monoisotopic (exact) mass is 283 g/mol. The van der Waals surface area contributed by atoms with Crippen LogP contribution >= 0.6 is 0 Å². The fourth-order valence-corrected chi connectivity index (χ4v) is 3.01. The second kappa shape index (κ2) is 5.38. The lowest BCUT2D eigenvalue weighted by Crippen LogP contribution is -2.51. The zero-order valence-corrected chi connectivity index (χ0v) is 12.5. The molecule has 7 nitrogen and oxygen atoms in total. The van der Waals surface area contributed by atoms with E-state index in [9.17, 15) is 4.79 Å². The van der Waals surface area contributed by atoms with Crippen molar-refractivity contribution in [2.24, 2.45) is 22.6 Å². The van der Waals surface area contributed by atoms with Gasteiger partial charge < -0.3 is 26.1 Å². The molecule has 20 heavy (non-hydrogen) atoms. The Bertz CT molecular complexity index is 404. The van der Waals surface area contributed by atoms with Crippen molar-refractivity contribution in [3.8, 4) is 0 Å². The third-order valence-corrected chi connectivity index (χ3v) is 3.86. The number of carbonyl (C=O) groups excluding carboxylic acids is 1. The van der Waals surface area contributed by atoms with Crippen LogP contribution in [0.4, 0.5) is 4.79 Å². The summed E-state index contributed by atoms with van der Waals surface area (Å²) in [6.07, 6.45) is 1.88. The maximum absolute atomic E-state index is 12.1. The maximum Gasteiger partial charge on any atom is 0.410 e. The third-order valence-electron chi connectivity index (χ3n) is 3.86. The van der Waals surface area contributed by atoms with Crippen molar-refractivity contribution in [2.75, 3.05) is 19.6 Å². The maximum atomic E-state index is 12.1. The molecule has 2 atom stereocenters. The predicted octanol–water partition coefficient (Wildman–Crippen LogP) is 0.506. The summed E-state index contributed by atoms with van der Waals surface area (Å²) in [4.78, 5) is 15.9. The van der Waals surface area contributed by atoms with E-state index in [1.807, 2.05) is 25.7 Å². The number of guanidine groups is 1. The summed E-state index contributed by atoms with van der Waals surface area (Å²) in [5.41, 5.74) is 5.37. The van der Waals surface area contributed by atoms with E-state index in [2.05, 4.69) is 5.10 Å². The van der Waals surface area contributed by atoms with Gasteiger partial charge in [0.2, 0.25) is 5.96 Å². The van der Waals surface area contributed by atoms with E-state index in [1.54, 1.807) is 4.90 Å². The first kappa shape index (κ1) is 14.7. The molecule has 2 saturated heterocycles. The first-order chi connectivity index (χ1) is 9.31. The Hall–Kier alpha value is -1.66. The van der Waals surface area contributed by atoms with Crippen LogP contribution in [0.1, 0.15) is 33.6 Å². The molecule has 2 heterocycles. The highest BCUT2D eigenvalue weighted by molar-refractivity contribution is 5.78. The lowest BCUT2D eigenvalue weighted by atomic mass is 9.92. The van der Waals surface area contributed by atoms with Crippen molar-refractivity contribution >= 4 is 12.1 Å². The summed E-state index contributed by atoms with van der Waals surface area (Å²) < 4.78 is 5.43. The Morgan fingerprint density at radius 2 is 2.05 bits per heavy atom. The number of amides is 1. The van der Waals surface area contributed by atoms with Crippen molar-refractivity contribution in [1.29, 1.82) is 0 Å². The van der Waals surface area contributed by atoms with Gasteiger partial charge in [0.25, 0.3) is 0 Å². The second-order valence-corrected chi connectivity index (χ2v) is 6.54.